The van der Waals surface area contributed by atoms with Crippen molar-refractivity contribution in [3.8, 4) is 5.88 Å². The van der Waals surface area contributed by atoms with Gasteiger partial charge in [-0.3, -0.25) is 0 Å². The van der Waals surface area contributed by atoms with E-state index in [-0.39, 0.29) is 24.0 Å². The summed E-state index contributed by atoms with van der Waals surface area (Å²) in [5, 5.41) is 6.23. The van der Waals surface area contributed by atoms with Gasteiger partial charge < -0.3 is 25.3 Å². The number of carbonyl (C=O) groups excluding carboxylic acids is 2. The van der Waals surface area contributed by atoms with Crippen LogP contribution in [0, 0.1) is 0 Å². The normalized spacial score (nSPS) is 17.8. The lowest BCUT2D eigenvalue weighted by Crippen LogP contribution is -2.47. The van der Waals surface area contributed by atoms with Crippen LogP contribution in [0.1, 0.15) is 17.2 Å². The van der Waals surface area contributed by atoms with Gasteiger partial charge in [-0.2, -0.15) is 0 Å². The van der Waals surface area contributed by atoms with E-state index in [4.69, 9.17) is 27.9 Å². The Hall–Kier alpha value is -2.42. The molecular weight excluding hydrogens is 435 g/mol. The molecule has 10 heteroatoms. The first-order valence-corrected chi connectivity index (χ1v) is 10.4. The molecule has 0 saturated heterocycles. The van der Waals surface area contributed by atoms with Crippen molar-refractivity contribution in [3.63, 3.8) is 0 Å². The quantitative estimate of drug-likeness (QED) is 0.544. The van der Waals surface area contributed by atoms with Crippen molar-refractivity contribution in [3.05, 3.63) is 50.8 Å². The molecular formula is C19H18Cl2N4O3S. The molecule has 0 radical (unpaired) electrons. The third kappa shape index (κ3) is 3.88. The Balaban J connectivity index is 1.49. The van der Waals surface area contributed by atoms with Crippen LogP contribution < -0.4 is 15.4 Å². The lowest BCUT2D eigenvalue weighted by atomic mass is 10.1. The maximum atomic E-state index is 12.5. The molecule has 0 bridgehead atoms. The first-order valence-electron chi connectivity index (χ1n) is 8.84. The van der Waals surface area contributed by atoms with Gasteiger partial charge in [0.1, 0.15) is 4.34 Å². The van der Waals surface area contributed by atoms with Crippen LogP contribution in [0.25, 0.3) is 10.2 Å². The number of urea groups is 1. The molecule has 152 valence electrons. The zero-order chi connectivity index (χ0) is 20.7. The molecule has 0 unspecified atom stereocenters. The molecule has 4 rings (SSSR count). The van der Waals surface area contributed by atoms with E-state index < -0.39 is 6.09 Å². The highest BCUT2D eigenvalue weighted by Gasteiger charge is 2.35. The summed E-state index contributed by atoms with van der Waals surface area (Å²) in [5.74, 6) is 0.270. The minimum absolute atomic E-state index is 0.233. The molecule has 3 N–H and O–H groups in total. The smallest absolute Gasteiger partial charge is 0.393 e. The van der Waals surface area contributed by atoms with Crippen LogP contribution in [0.15, 0.2) is 30.3 Å². The summed E-state index contributed by atoms with van der Waals surface area (Å²) in [7, 11) is 3.34. The number of fused-ring (bicyclic) bond motifs is 2. The summed E-state index contributed by atoms with van der Waals surface area (Å²) >= 11 is 13.4. The average Bonchev–Trinajstić information content (AvgIpc) is 3.29. The van der Waals surface area contributed by atoms with Crippen LogP contribution in [0.4, 0.5) is 9.59 Å². The molecule has 1 aromatic carbocycles. The first-order chi connectivity index (χ1) is 13.8. The molecule has 1 aliphatic carbocycles. The second kappa shape index (κ2) is 7.78. The molecule has 29 heavy (non-hydrogen) atoms. The number of rotatable bonds is 3. The van der Waals surface area contributed by atoms with Gasteiger partial charge in [-0.25, -0.2) is 9.59 Å². The zero-order valence-electron chi connectivity index (χ0n) is 15.6. The van der Waals surface area contributed by atoms with E-state index in [9.17, 15) is 9.59 Å². The Kier molecular flexibility index (Phi) is 5.33. The Bertz CT molecular complexity index is 1090. The van der Waals surface area contributed by atoms with Crippen LogP contribution in [-0.4, -0.2) is 42.1 Å². The number of halogens is 2. The van der Waals surface area contributed by atoms with E-state index in [1.54, 1.807) is 20.2 Å². The Morgan fingerprint density at radius 3 is 2.72 bits per heavy atom. The maximum Gasteiger partial charge on any atom is 0.414 e. The Morgan fingerprint density at radius 1 is 1.24 bits per heavy atom. The first kappa shape index (κ1) is 19.9. The Labute approximate surface area is 180 Å². The highest BCUT2D eigenvalue weighted by Crippen LogP contribution is 2.40. The number of H-pyrrole nitrogens is 1. The number of aromatic nitrogens is 1. The van der Waals surface area contributed by atoms with Crippen molar-refractivity contribution < 1.29 is 14.3 Å². The molecule has 3 amide bonds. The van der Waals surface area contributed by atoms with Gasteiger partial charge in [0.15, 0.2) is 0 Å². The second-order valence-corrected chi connectivity index (χ2v) is 8.96. The lowest BCUT2D eigenvalue weighted by molar-refractivity contribution is 0.188. The van der Waals surface area contributed by atoms with E-state index in [1.807, 2.05) is 24.3 Å². The molecule has 2 heterocycles. The number of ether oxygens (including phenoxy) is 1. The molecule has 3 aromatic rings. The number of hydrogen-bond acceptors (Lipinski definition) is 4. The predicted molar refractivity (Wildman–Crippen MR) is 114 cm³/mol. The number of aromatic amines is 1. The van der Waals surface area contributed by atoms with Gasteiger partial charge in [0, 0.05) is 20.2 Å². The number of carbonyl (C=O) groups is 2. The molecule has 0 saturated carbocycles. The molecule has 0 fully saturated rings. The highest BCUT2D eigenvalue weighted by atomic mass is 35.5. The SMILES string of the molecule is CN(C)C(=O)N[C@H]1c2ccccc2C[C@@H]1NC(=O)Oc1cc2sc(Cl)c(Cl)c2[nH]1. The van der Waals surface area contributed by atoms with E-state index in [0.717, 1.165) is 15.8 Å². The standard InChI is InChI=1S/C19H18Cl2N4O3S/c1-25(2)18(26)24-15-10-6-4-3-5-9(10)7-11(15)22-19(27)28-13-8-12-16(23-13)14(20)17(21)29-12/h3-6,8,11,15,23H,7H2,1-2H3,(H,22,27)(H,24,26)/t11-,15-/m0/s1. The lowest BCUT2D eigenvalue weighted by Gasteiger charge is -2.24. The topological polar surface area (TPSA) is 86.5 Å². The number of hydrogen-bond donors (Lipinski definition) is 3. The van der Waals surface area contributed by atoms with Gasteiger partial charge in [0.2, 0.25) is 5.88 Å². The number of nitrogens with one attached hydrogen (secondary N) is 3. The molecule has 0 spiro atoms. The van der Waals surface area contributed by atoms with Crippen molar-refractivity contribution in [1.82, 2.24) is 20.5 Å². The maximum absolute atomic E-state index is 12.5. The van der Waals surface area contributed by atoms with Crippen LogP contribution in [0.3, 0.4) is 0 Å². The molecule has 7 nitrogen and oxygen atoms in total. The number of benzene rings is 1. The van der Waals surface area contributed by atoms with Crippen LogP contribution in [0.5, 0.6) is 5.88 Å². The average molecular weight is 453 g/mol. The monoisotopic (exact) mass is 452 g/mol. The van der Waals surface area contributed by atoms with Gasteiger partial charge in [0.05, 0.1) is 27.3 Å². The van der Waals surface area contributed by atoms with Crippen molar-refractivity contribution >= 4 is 56.9 Å². The molecule has 2 atom stereocenters. The zero-order valence-corrected chi connectivity index (χ0v) is 17.9. The second-order valence-electron chi connectivity index (χ2n) is 6.93. The van der Waals surface area contributed by atoms with Gasteiger partial charge >= 0.3 is 12.1 Å². The summed E-state index contributed by atoms with van der Waals surface area (Å²) in [4.78, 5) is 29.1. The fourth-order valence-electron chi connectivity index (χ4n) is 3.40. The fraction of sp³-hybridized carbons (Fsp3) is 0.263. The summed E-state index contributed by atoms with van der Waals surface area (Å²) in [6.45, 7) is 0. The number of nitrogens with zero attached hydrogens (tertiary/aromatic N) is 1. The van der Waals surface area contributed by atoms with Crippen LogP contribution >= 0.6 is 34.5 Å². The van der Waals surface area contributed by atoms with Gasteiger partial charge in [-0.1, -0.05) is 47.5 Å². The van der Waals surface area contributed by atoms with Gasteiger partial charge in [0.25, 0.3) is 0 Å². The third-order valence-corrected chi connectivity index (χ3v) is 6.70. The number of amides is 3. The van der Waals surface area contributed by atoms with Gasteiger partial charge in [-0.05, 0) is 17.5 Å². The summed E-state index contributed by atoms with van der Waals surface area (Å²) in [6, 6.07) is 8.54. The fourth-order valence-corrected chi connectivity index (χ4v) is 4.87. The van der Waals surface area contributed by atoms with E-state index in [2.05, 4.69) is 15.6 Å². The van der Waals surface area contributed by atoms with Crippen molar-refractivity contribution in [2.24, 2.45) is 0 Å². The summed E-state index contributed by atoms with van der Waals surface area (Å²) < 4.78 is 6.67. The predicted octanol–water partition coefficient (Wildman–Crippen LogP) is 4.56. The highest BCUT2D eigenvalue weighted by molar-refractivity contribution is 7.23. The van der Waals surface area contributed by atoms with E-state index in [0.29, 0.717) is 21.3 Å². The minimum Gasteiger partial charge on any atom is -0.393 e. The molecule has 1 aliphatic rings. The molecule has 2 aromatic heterocycles. The Morgan fingerprint density at radius 2 is 2.00 bits per heavy atom. The summed E-state index contributed by atoms with van der Waals surface area (Å²) in [5.41, 5.74) is 2.69. The molecule has 0 aliphatic heterocycles. The van der Waals surface area contributed by atoms with Crippen molar-refractivity contribution in [2.75, 3.05) is 14.1 Å². The minimum atomic E-state index is -0.622. The van der Waals surface area contributed by atoms with Crippen molar-refractivity contribution in [2.45, 2.75) is 18.5 Å². The van der Waals surface area contributed by atoms with Gasteiger partial charge in [-0.15, -0.1) is 11.3 Å². The number of thiophene rings is 1. The third-order valence-electron chi connectivity index (χ3n) is 4.77. The van der Waals surface area contributed by atoms with Crippen molar-refractivity contribution in [1.29, 1.82) is 0 Å². The van der Waals surface area contributed by atoms with E-state index >= 15 is 0 Å². The summed E-state index contributed by atoms with van der Waals surface area (Å²) in [6.07, 6.45) is -0.0340. The van der Waals surface area contributed by atoms with E-state index in [1.165, 1.54) is 16.2 Å². The largest absolute Gasteiger partial charge is 0.414 e. The van der Waals surface area contributed by atoms with Crippen LogP contribution in [-0.2, 0) is 6.42 Å². The van der Waals surface area contributed by atoms with Crippen LogP contribution in [0.2, 0.25) is 9.36 Å².